The maximum absolute atomic E-state index is 12.5. The summed E-state index contributed by atoms with van der Waals surface area (Å²) in [5, 5.41) is 10.3. The summed E-state index contributed by atoms with van der Waals surface area (Å²) in [4.78, 5) is 14.5. The molecule has 6 unspecified atom stereocenters. The number of nitrogens with zero attached hydrogens (tertiary/aromatic N) is 1. The molecule has 3 fully saturated rings. The van der Waals surface area contributed by atoms with Crippen molar-refractivity contribution >= 4 is 5.91 Å². The average molecular weight is 252 g/mol. The van der Waals surface area contributed by atoms with Crippen LogP contribution in [0.2, 0.25) is 0 Å². The summed E-state index contributed by atoms with van der Waals surface area (Å²) in [5.41, 5.74) is 5.50. The molecular formula is C14H24N2O2. The van der Waals surface area contributed by atoms with Crippen molar-refractivity contribution in [3.8, 4) is 0 Å². The van der Waals surface area contributed by atoms with Gasteiger partial charge in [-0.1, -0.05) is 6.92 Å². The van der Waals surface area contributed by atoms with E-state index in [4.69, 9.17) is 5.73 Å². The fourth-order valence-electron chi connectivity index (χ4n) is 4.50. The molecule has 1 heterocycles. The van der Waals surface area contributed by atoms with Crippen LogP contribution in [0.25, 0.3) is 0 Å². The Bertz CT molecular complexity index is 345. The van der Waals surface area contributed by atoms with E-state index < -0.39 is 0 Å². The molecule has 2 bridgehead atoms. The molecule has 102 valence electrons. The second-order valence-electron chi connectivity index (χ2n) is 6.46. The quantitative estimate of drug-likeness (QED) is 0.769. The standard InChI is InChI=1S/C14H24N2O2/c1-8(3-2-4-15)14(18)16-7-10-5-9-6-11(10)12(16)13(9)17/h8-13,17H,2-7,15H2,1H3. The third kappa shape index (κ3) is 1.69. The molecule has 18 heavy (non-hydrogen) atoms. The maximum atomic E-state index is 12.5. The van der Waals surface area contributed by atoms with Gasteiger partial charge in [0.2, 0.25) is 5.91 Å². The van der Waals surface area contributed by atoms with Crippen molar-refractivity contribution in [1.82, 2.24) is 4.90 Å². The van der Waals surface area contributed by atoms with Gasteiger partial charge in [0.25, 0.3) is 0 Å². The second-order valence-corrected chi connectivity index (χ2v) is 6.46. The first-order chi connectivity index (χ1) is 8.63. The minimum Gasteiger partial charge on any atom is -0.391 e. The lowest BCUT2D eigenvalue weighted by Crippen LogP contribution is -2.45. The van der Waals surface area contributed by atoms with Gasteiger partial charge in [0.1, 0.15) is 0 Å². The van der Waals surface area contributed by atoms with Crippen molar-refractivity contribution in [2.24, 2.45) is 29.4 Å². The molecule has 2 saturated carbocycles. The van der Waals surface area contributed by atoms with E-state index in [9.17, 15) is 9.90 Å². The molecule has 6 atom stereocenters. The summed E-state index contributed by atoms with van der Waals surface area (Å²) in [6, 6.07) is 0.126. The lowest BCUT2D eigenvalue weighted by Gasteiger charge is -2.30. The summed E-state index contributed by atoms with van der Waals surface area (Å²) in [6.45, 7) is 3.53. The molecule has 4 heteroatoms. The number of hydrogen-bond acceptors (Lipinski definition) is 3. The van der Waals surface area contributed by atoms with E-state index in [1.807, 2.05) is 11.8 Å². The predicted octanol–water partition coefficient (Wildman–Crippen LogP) is 0.589. The minimum atomic E-state index is -0.264. The smallest absolute Gasteiger partial charge is 0.225 e. The Hall–Kier alpha value is -0.610. The molecule has 1 amide bonds. The van der Waals surface area contributed by atoms with Crippen molar-refractivity contribution < 1.29 is 9.90 Å². The van der Waals surface area contributed by atoms with E-state index in [1.54, 1.807) is 0 Å². The number of nitrogens with two attached hydrogens (primary N) is 1. The van der Waals surface area contributed by atoms with Crippen LogP contribution in [-0.4, -0.2) is 41.1 Å². The number of aliphatic hydroxyl groups is 1. The summed E-state index contributed by atoms with van der Waals surface area (Å²) in [7, 11) is 0. The number of aliphatic hydroxyl groups excluding tert-OH is 1. The number of carbonyl (C=O) groups excluding carboxylic acids is 1. The largest absolute Gasteiger partial charge is 0.391 e. The van der Waals surface area contributed by atoms with Crippen LogP contribution >= 0.6 is 0 Å². The summed E-state index contributed by atoms with van der Waals surface area (Å²) >= 11 is 0. The molecule has 0 spiro atoms. The van der Waals surface area contributed by atoms with Crippen LogP contribution in [0.15, 0.2) is 0 Å². The molecule has 0 aromatic heterocycles. The Labute approximate surface area is 109 Å². The van der Waals surface area contributed by atoms with Crippen molar-refractivity contribution in [1.29, 1.82) is 0 Å². The van der Waals surface area contributed by atoms with Gasteiger partial charge in [0.05, 0.1) is 12.1 Å². The Morgan fingerprint density at radius 2 is 2.22 bits per heavy atom. The molecule has 1 aliphatic heterocycles. The number of hydrogen-bond donors (Lipinski definition) is 2. The Morgan fingerprint density at radius 1 is 1.44 bits per heavy atom. The Balaban J connectivity index is 1.68. The van der Waals surface area contributed by atoms with E-state index in [-0.39, 0.29) is 24.0 Å². The van der Waals surface area contributed by atoms with E-state index in [2.05, 4.69) is 0 Å². The molecule has 1 saturated heterocycles. The zero-order chi connectivity index (χ0) is 12.9. The molecule has 0 aromatic carbocycles. The zero-order valence-corrected chi connectivity index (χ0v) is 11.1. The maximum Gasteiger partial charge on any atom is 0.225 e. The third-order valence-corrected chi connectivity index (χ3v) is 5.39. The van der Waals surface area contributed by atoms with Gasteiger partial charge in [0.15, 0.2) is 0 Å². The number of carbonyl (C=O) groups is 1. The first kappa shape index (κ1) is 12.4. The zero-order valence-electron chi connectivity index (χ0n) is 11.1. The summed E-state index contributed by atoms with van der Waals surface area (Å²) < 4.78 is 0. The highest BCUT2D eigenvalue weighted by atomic mass is 16.3. The van der Waals surface area contributed by atoms with Crippen LogP contribution in [0.1, 0.15) is 32.6 Å². The fourth-order valence-corrected chi connectivity index (χ4v) is 4.50. The molecule has 3 rings (SSSR count). The molecule has 2 aliphatic carbocycles. The van der Waals surface area contributed by atoms with Gasteiger partial charge in [-0.25, -0.2) is 0 Å². The van der Waals surface area contributed by atoms with Gasteiger partial charge in [-0.3, -0.25) is 4.79 Å². The average Bonchev–Trinajstić information content (AvgIpc) is 2.95. The highest BCUT2D eigenvalue weighted by Crippen LogP contribution is 2.55. The highest BCUT2D eigenvalue weighted by Gasteiger charge is 2.60. The van der Waals surface area contributed by atoms with Crippen LogP contribution in [-0.2, 0) is 4.79 Å². The number of amides is 1. The molecule has 0 radical (unpaired) electrons. The molecule has 3 aliphatic rings. The van der Waals surface area contributed by atoms with Crippen LogP contribution in [0, 0.1) is 23.7 Å². The van der Waals surface area contributed by atoms with E-state index in [0.29, 0.717) is 24.3 Å². The van der Waals surface area contributed by atoms with Crippen LogP contribution in [0.5, 0.6) is 0 Å². The van der Waals surface area contributed by atoms with Crippen molar-refractivity contribution in [3.05, 3.63) is 0 Å². The second kappa shape index (κ2) is 4.49. The van der Waals surface area contributed by atoms with Crippen LogP contribution in [0.3, 0.4) is 0 Å². The fraction of sp³-hybridized carbons (Fsp3) is 0.929. The van der Waals surface area contributed by atoms with Gasteiger partial charge in [-0.2, -0.15) is 0 Å². The Morgan fingerprint density at radius 3 is 2.89 bits per heavy atom. The highest BCUT2D eigenvalue weighted by molar-refractivity contribution is 5.79. The third-order valence-electron chi connectivity index (χ3n) is 5.39. The molecular weight excluding hydrogens is 228 g/mol. The van der Waals surface area contributed by atoms with Gasteiger partial charge < -0.3 is 15.7 Å². The normalized spacial score (nSPS) is 42.6. The van der Waals surface area contributed by atoms with Crippen LogP contribution in [0.4, 0.5) is 0 Å². The summed E-state index contributed by atoms with van der Waals surface area (Å²) in [6.07, 6.45) is 3.77. The van der Waals surface area contributed by atoms with Crippen molar-refractivity contribution in [3.63, 3.8) is 0 Å². The number of fused-ring (bicyclic) bond motifs is 1. The first-order valence-electron chi connectivity index (χ1n) is 7.32. The molecule has 3 N–H and O–H groups in total. The minimum absolute atomic E-state index is 0.0531. The first-order valence-corrected chi connectivity index (χ1v) is 7.32. The lowest BCUT2D eigenvalue weighted by atomic mass is 9.88. The van der Waals surface area contributed by atoms with Crippen molar-refractivity contribution in [2.75, 3.05) is 13.1 Å². The van der Waals surface area contributed by atoms with E-state index in [0.717, 1.165) is 32.2 Å². The number of rotatable bonds is 4. The van der Waals surface area contributed by atoms with Gasteiger partial charge >= 0.3 is 0 Å². The summed E-state index contributed by atoms with van der Waals surface area (Å²) in [5.74, 6) is 1.99. The van der Waals surface area contributed by atoms with Gasteiger partial charge in [-0.15, -0.1) is 0 Å². The van der Waals surface area contributed by atoms with Gasteiger partial charge in [-0.05, 0) is 50.0 Å². The van der Waals surface area contributed by atoms with Crippen LogP contribution < -0.4 is 5.73 Å². The molecule has 0 aromatic rings. The van der Waals surface area contributed by atoms with Gasteiger partial charge in [0, 0.05) is 12.5 Å². The van der Waals surface area contributed by atoms with E-state index >= 15 is 0 Å². The molecule has 4 nitrogen and oxygen atoms in total. The monoisotopic (exact) mass is 252 g/mol. The lowest BCUT2D eigenvalue weighted by molar-refractivity contribution is -0.138. The SMILES string of the molecule is CC(CCCN)C(=O)N1CC2CC3CC2C1C3O. The van der Waals surface area contributed by atoms with E-state index in [1.165, 1.54) is 0 Å². The Kier molecular flexibility index (Phi) is 3.10. The van der Waals surface area contributed by atoms with Crippen molar-refractivity contribution in [2.45, 2.75) is 44.8 Å². The topological polar surface area (TPSA) is 66.6 Å². The predicted molar refractivity (Wildman–Crippen MR) is 68.7 cm³/mol. The number of likely N-dealkylation sites (tertiary alicyclic amines) is 1.